The molecule has 3 heterocycles. The average molecular weight is 406 g/mol. The van der Waals surface area contributed by atoms with Crippen molar-refractivity contribution in [2.24, 2.45) is 7.05 Å². The van der Waals surface area contributed by atoms with Crippen LogP contribution < -0.4 is 5.32 Å². The number of carbonyl (C=O) groups excluding carboxylic acids is 1. The Morgan fingerprint density at radius 3 is 2.41 bits per heavy atom. The molecule has 0 radical (unpaired) electrons. The van der Waals surface area contributed by atoms with Crippen molar-refractivity contribution in [3.63, 3.8) is 0 Å². The third-order valence-electron chi connectivity index (χ3n) is 4.50. The van der Waals surface area contributed by atoms with Crippen LogP contribution >= 0.6 is 0 Å². The average Bonchev–Trinajstić information content (AvgIpc) is 3.05. The molecular weight excluding hydrogens is 392 g/mol. The van der Waals surface area contributed by atoms with Crippen LogP contribution in [0.25, 0.3) is 11.3 Å². The third kappa shape index (κ3) is 3.46. The van der Waals surface area contributed by atoms with E-state index in [1.807, 2.05) is 0 Å². The maximum Gasteiger partial charge on any atom is 0.274 e. The largest absolute Gasteiger partial charge is 0.374 e. The highest BCUT2D eigenvalue weighted by Crippen LogP contribution is 2.37. The summed E-state index contributed by atoms with van der Waals surface area (Å²) in [5.74, 6) is -4.14. The molecular formula is C19H14F4N4O2. The summed E-state index contributed by atoms with van der Waals surface area (Å²) >= 11 is 0. The molecule has 4 rings (SSSR count). The minimum Gasteiger partial charge on any atom is -0.374 e. The van der Waals surface area contributed by atoms with Crippen molar-refractivity contribution < 1.29 is 27.1 Å². The van der Waals surface area contributed by atoms with Gasteiger partial charge in [-0.05, 0) is 29.8 Å². The number of carbonyl (C=O) groups is 1. The molecule has 10 heteroatoms. The van der Waals surface area contributed by atoms with Gasteiger partial charge in [-0.15, -0.1) is 0 Å². The minimum absolute atomic E-state index is 0.242. The molecule has 0 saturated carbocycles. The van der Waals surface area contributed by atoms with Gasteiger partial charge in [0.05, 0.1) is 30.7 Å². The van der Waals surface area contributed by atoms with E-state index in [-0.39, 0.29) is 24.5 Å². The summed E-state index contributed by atoms with van der Waals surface area (Å²) in [7, 11) is 1.65. The number of aryl methyl sites for hydroxylation is 1. The Kier molecular flexibility index (Phi) is 4.58. The van der Waals surface area contributed by atoms with Gasteiger partial charge in [-0.25, -0.2) is 22.5 Å². The van der Waals surface area contributed by atoms with Gasteiger partial charge in [0.15, 0.2) is 5.67 Å². The summed E-state index contributed by atoms with van der Waals surface area (Å²) in [4.78, 5) is 16.1. The molecule has 1 aliphatic rings. The van der Waals surface area contributed by atoms with Gasteiger partial charge in [0.2, 0.25) is 0 Å². The molecule has 1 aliphatic heterocycles. The summed E-state index contributed by atoms with van der Waals surface area (Å²) < 4.78 is 64.0. The van der Waals surface area contributed by atoms with E-state index in [2.05, 4.69) is 15.4 Å². The van der Waals surface area contributed by atoms with Crippen LogP contribution in [0, 0.1) is 17.5 Å². The van der Waals surface area contributed by atoms with Gasteiger partial charge in [-0.1, -0.05) is 0 Å². The van der Waals surface area contributed by atoms with Crippen molar-refractivity contribution in [2.45, 2.75) is 5.67 Å². The molecule has 1 N–H and O–H groups in total. The first-order valence-electron chi connectivity index (χ1n) is 8.50. The second-order valence-electron chi connectivity index (χ2n) is 6.66. The standard InChI is InChI=1S/C19H14F4N4O2/c1-27-7-11(6-24-27)25-18(28)15-3-2-12(20)17(26-15)16-13(21)4-10(5-14(16)22)19(23)8-29-9-19/h2-7H,8-9H2,1H3,(H,25,28). The highest BCUT2D eigenvalue weighted by atomic mass is 19.2. The SMILES string of the molecule is Cn1cc(NC(=O)c2ccc(F)c(-c3c(F)cc(C4(F)COC4)cc3F)n2)cn1. The summed E-state index contributed by atoms with van der Waals surface area (Å²) in [6.07, 6.45) is 2.91. The lowest BCUT2D eigenvalue weighted by Gasteiger charge is -2.34. The van der Waals surface area contributed by atoms with Crippen molar-refractivity contribution in [1.82, 2.24) is 14.8 Å². The maximum atomic E-state index is 14.6. The number of nitrogens with zero attached hydrogens (tertiary/aromatic N) is 3. The molecule has 1 aromatic carbocycles. The van der Waals surface area contributed by atoms with E-state index in [1.54, 1.807) is 7.05 Å². The van der Waals surface area contributed by atoms with Crippen LogP contribution in [0.3, 0.4) is 0 Å². The van der Waals surface area contributed by atoms with Crippen LogP contribution in [0.2, 0.25) is 0 Å². The second-order valence-corrected chi connectivity index (χ2v) is 6.66. The lowest BCUT2D eigenvalue weighted by Crippen LogP contribution is -2.42. The number of hydrogen-bond acceptors (Lipinski definition) is 4. The number of anilines is 1. The molecule has 6 nitrogen and oxygen atoms in total. The lowest BCUT2D eigenvalue weighted by molar-refractivity contribution is -0.135. The second kappa shape index (κ2) is 6.96. The molecule has 0 atom stereocenters. The first-order valence-corrected chi connectivity index (χ1v) is 8.50. The predicted molar refractivity (Wildman–Crippen MR) is 94.3 cm³/mol. The van der Waals surface area contributed by atoms with E-state index >= 15 is 0 Å². The Balaban J connectivity index is 1.70. The number of benzene rings is 1. The zero-order valence-electron chi connectivity index (χ0n) is 15.0. The number of alkyl halides is 1. The molecule has 0 bridgehead atoms. The number of amides is 1. The van der Waals surface area contributed by atoms with Gasteiger partial charge in [0.25, 0.3) is 5.91 Å². The number of hydrogen-bond donors (Lipinski definition) is 1. The number of rotatable bonds is 4. The third-order valence-corrected chi connectivity index (χ3v) is 4.50. The first-order chi connectivity index (χ1) is 13.8. The van der Waals surface area contributed by atoms with E-state index in [9.17, 15) is 22.4 Å². The Morgan fingerprint density at radius 1 is 1.17 bits per heavy atom. The van der Waals surface area contributed by atoms with E-state index < -0.39 is 40.3 Å². The van der Waals surface area contributed by atoms with Crippen molar-refractivity contribution in [1.29, 1.82) is 0 Å². The molecule has 1 saturated heterocycles. The Labute approximate surface area is 162 Å². The van der Waals surface area contributed by atoms with Gasteiger partial charge in [0, 0.05) is 13.2 Å². The Morgan fingerprint density at radius 2 is 1.86 bits per heavy atom. The summed E-state index contributed by atoms with van der Waals surface area (Å²) in [5, 5.41) is 6.38. The summed E-state index contributed by atoms with van der Waals surface area (Å²) in [5.41, 5.74) is -3.61. The molecule has 29 heavy (non-hydrogen) atoms. The van der Waals surface area contributed by atoms with Crippen LogP contribution in [-0.4, -0.2) is 33.9 Å². The molecule has 2 aromatic heterocycles. The molecule has 0 spiro atoms. The maximum absolute atomic E-state index is 14.6. The quantitative estimate of drug-likeness (QED) is 0.675. The summed E-state index contributed by atoms with van der Waals surface area (Å²) in [6.45, 7) is -0.635. The van der Waals surface area contributed by atoms with Gasteiger partial charge < -0.3 is 10.1 Å². The fourth-order valence-corrected chi connectivity index (χ4v) is 2.93. The number of aromatic nitrogens is 3. The highest BCUT2D eigenvalue weighted by Gasteiger charge is 2.41. The van der Waals surface area contributed by atoms with Crippen LogP contribution in [0.5, 0.6) is 0 Å². The number of pyridine rings is 1. The van der Waals surface area contributed by atoms with Crippen molar-refractivity contribution >= 4 is 11.6 Å². The topological polar surface area (TPSA) is 69.0 Å². The van der Waals surface area contributed by atoms with Crippen LogP contribution in [0.1, 0.15) is 16.1 Å². The first kappa shape index (κ1) is 19.1. The van der Waals surface area contributed by atoms with Crippen LogP contribution in [0.4, 0.5) is 23.2 Å². The van der Waals surface area contributed by atoms with Gasteiger partial charge in [-0.3, -0.25) is 9.48 Å². The van der Waals surface area contributed by atoms with Crippen LogP contribution in [0.15, 0.2) is 36.7 Å². The molecule has 1 fully saturated rings. The van der Waals surface area contributed by atoms with Gasteiger partial charge >= 0.3 is 0 Å². The molecule has 3 aromatic rings. The molecule has 150 valence electrons. The Bertz CT molecular complexity index is 1090. The van der Waals surface area contributed by atoms with E-state index in [0.717, 1.165) is 24.3 Å². The smallest absolute Gasteiger partial charge is 0.274 e. The van der Waals surface area contributed by atoms with Crippen molar-refractivity contribution in [3.8, 4) is 11.3 Å². The van der Waals surface area contributed by atoms with Crippen molar-refractivity contribution in [2.75, 3.05) is 18.5 Å². The van der Waals surface area contributed by atoms with E-state index in [0.29, 0.717) is 5.69 Å². The zero-order valence-corrected chi connectivity index (χ0v) is 15.0. The fourth-order valence-electron chi connectivity index (χ4n) is 2.93. The molecule has 0 unspecified atom stereocenters. The number of ether oxygens (including phenoxy) is 1. The Hall–Kier alpha value is -3.27. The van der Waals surface area contributed by atoms with E-state index in [4.69, 9.17) is 4.74 Å². The van der Waals surface area contributed by atoms with E-state index in [1.165, 1.54) is 17.1 Å². The normalized spacial score (nSPS) is 15.1. The van der Waals surface area contributed by atoms with Crippen LogP contribution in [-0.2, 0) is 17.5 Å². The fraction of sp³-hybridized carbons (Fsp3) is 0.211. The lowest BCUT2D eigenvalue weighted by atomic mass is 9.92. The van der Waals surface area contributed by atoms with Gasteiger partial charge in [0.1, 0.15) is 28.8 Å². The van der Waals surface area contributed by atoms with Gasteiger partial charge in [-0.2, -0.15) is 5.10 Å². The molecule has 0 aliphatic carbocycles. The predicted octanol–water partition coefficient (Wildman–Crippen LogP) is 3.35. The summed E-state index contributed by atoms with van der Waals surface area (Å²) in [6, 6.07) is 3.52. The number of halogens is 4. The minimum atomic E-state index is -1.99. The van der Waals surface area contributed by atoms with Crippen molar-refractivity contribution in [3.05, 3.63) is 65.4 Å². The number of nitrogens with one attached hydrogen (secondary N) is 1. The molecule has 1 amide bonds. The highest BCUT2D eigenvalue weighted by molar-refractivity contribution is 6.03. The zero-order chi connectivity index (χ0) is 20.8. The monoisotopic (exact) mass is 406 g/mol.